The lowest BCUT2D eigenvalue weighted by Gasteiger charge is -2.57. The summed E-state index contributed by atoms with van der Waals surface area (Å²) >= 11 is 5.94. The van der Waals surface area contributed by atoms with Crippen LogP contribution in [-0.4, -0.2) is 46.1 Å². The van der Waals surface area contributed by atoms with Gasteiger partial charge in [0, 0.05) is 13.1 Å². The number of hydrogen-bond donors (Lipinski definition) is 1. The molecule has 0 spiro atoms. The molecule has 37 heavy (non-hydrogen) atoms. The molecular formula is C28H27ClF3N3O2. The van der Waals surface area contributed by atoms with Crippen LogP contribution in [0.25, 0.3) is 0 Å². The molecule has 0 aromatic heterocycles. The van der Waals surface area contributed by atoms with E-state index in [9.17, 15) is 22.8 Å². The van der Waals surface area contributed by atoms with E-state index in [1.54, 1.807) is 6.92 Å². The maximum atomic E-state index is 13.1. The third-order valence-corrected chi connectivity index (χ3v) is 7.16. The van der Waals surface area contributed by atoms with Crippen molar-refractivity contribution in [3.63, 3.8) is 0 Å². The Balaban J connectivity index is 1.68. The largest absolute Gasteiger partial charge is 0.416 e. The van der Waals surface area contributed by atoms with Crippen molar-refractivity contribution < 1.29 is 22.8 Å². The van der Waals surface area contributed by atoms with Gasteiger partial charge in [0.2, 0.25) is 11.8 Å². The summed E-state index contributed by atoms with van der Waals surface area (Å²) in [6.45, 7) is 1.95. The number of nitrogens with two attached hydrogens (primary N) is 1. The van der Waals surface area contributed by atoms with E-state index in [-0.39, 0.29) is 19.1 Å². The molecule has 4 rings (SSSR count). The Morgan fingerprint density at radius 1 is 0.919 bits per heavy atom. The van der Waals surface area contributed by atoms with Gasteiger partial charge in [-0.15, -0.1) is 11.6 Å². The number of likely N-dealkylation sites (tertiary alicyclic amines) is 1. The second-order valence-corrected chi connectivity index (χ2v) is 9.49. The summed E-state index contributed by atoms with van der Waals surface area (Å²) < 4.78 is 39.2. The fourth-order valence-corrected chi connectivity index (χ4v) is 5.24. The van der Waals surface area contributed by atoms with Crippen LogP contribution in [0.2, 0.25) is 0 Å². The zero-order valence-corrected chi connectivity index (χ0v) is 20.9. The van der Waals surface area contributed by atoms with Crippen LogP contribution < -0.4 is 5.73 Å². The first kappa shape index (κ1) is 26.7. The maximum absolute atomic E-state index is 13.1. The van der Waals surface area contributed by atoms with Crippen LogP contribution in [0.15, 0.2) is 84.9 Å². The van der Waals surface area contributed by atoms with Crippen LogP contribution >= 0.6 is 11.6 Å². The van der Waals surface area contributed by atoms with Crippen molar-refractivity contribution in [1.82, 2.24) is 9.80 Å². The minimum atomic E-state index is -4.49. The van der Waals surface area contributed by atoms with Crippen LogP contribution in [0.5, 0.6) is 0 Å². The van der Waals surface area contributed by atoms with E-state index in [1.807, 2.05) is 60.7 Å². The first-order chi connectivity index (χ1) is 17.6. The van der Waals surface area contributed by atoms with Gasteiger partial charge in [-0.05, 0) is 35.7 Å². The molecule has 3 aromatic rings. The summed E-state index contributed by atoms with van der Waals surface area (Å²) in [5, 5.41) is 0. The lowest BCUT2D eigenvalue weighted by Crippen LogP contribution is -2.77. The minimum Gasteiger partial charge on any atom is -0.368 e. The zero-order chi connectivity index (χ0) is 26.8. The predicted octanol–water partition coefficient (Wildman–Crippen LogP) is 5.16. The molecule has 1 unspecified atom stereocenters. The summed E-state index contributed by atoms with van der Waals surface area (Å²) in [4.78, 5) is 29.4. The number of halogens is 4. The molecule has 9 heteroatoms. The first-order valence-corrected chi connectivity index (χ1v) is 12.3. The molecule has 2 N–H and O–H groups in total. The molecule has 1 atom stereocenters. The highest BCUT2D eigenvalue weighted by atomic mass is 35.5. The first-order valence-electron chi connectivity index (χ1n) is 11.8. The normalized spacial score (nSPS) is 16.2. The Labute approximate surface area is 218 Å². The molecule has 1 heterocycles. The Kier molecular flexibility index (Phi) is 7.62. The van der Waals surface area contributed by atoms with Gasteiger partial charge in [-0.2, -0.15) is 13.2 Å². The average Bonchev–Trinajstić information content (AvgIpc) is 2.87. The minimum absolute atomic E-state index is 0.143. The molecule has 0 radical (unpaired) electrons. The van der Waals surface area contributed by atoms with Crippen LogP contribution in [0.3, 0.4) is 0 Å². The summed E-state index contributed by atoms with van der Waals surface area (Å²) in [7, 11) is 0. The van der Waals surface area contributed by atoms with Crippen molar-refractivity contribution >= 4 is 23.4 Å². The highest BCUT2D eigenvalue weighted by Crippen LogP contribution is 2.42. The number of nitrogens with zero attached hydrogens (tertiary/aromatic N) is 2. The van der Waals surface area contributed by atoms with E-state index in [0.717, 1.165) is 23.3 Å². The lowest BCUT2D eigenvalue weighted by atomic mass is 9.81. The fraction of sp³-hybridized carbons (Fsp3) is 0.286. The van der Waals surface area contributed by atoms with Gasteiger partial charge in [-0.1, -0.05) is 72.8 Å². The van der Waals surface area contributed by atoms with Gasteiger partial charge in [-0.25, -0.2) is 0 Å². The lowest BCUT2D eigenvalue weighted by molar-refractivity contribution is -0.163. The fourth-order valence-electron chi connectivity index (χ4n) is 5.11. The standard InChI is InChI=1S/C28H27ClF3N3O2/c1-19(20-12-14-23(15-13-20)28(30,31)32)35(24(36)16-29)27(26(33)37)17-34(18-27)25(21-8-4-2-5-9-21)22-10-6-3-7-11-22/h2-15,19,25H,16-18H2,1H3,(H2,33,37). The van der Waals surface area contributed by atoms with Gasteiger partial charge in [0.05, 0.1) is 17.6 Å². The number of carbonyl (C=O) groups excluding carboxylic acids is 2. The number of amides is 2. The molecule has 194 valence electrons. The van der Waals surface area contributed by atoms with Gasteiger partial charge < -0.3 is 10.6 Å². The summed E-state index contributed by atoms with van der Waals surface area (Å²) in [5.74, 6) is -1.62. The number of rotatable bonds is 8. The van der Waals surface area contributed by atoms with E-state index in [4.69, 9.17) is 17.3 Å². The smallest absolute Gasteiger partial charge is 0.368 e. The van der Waals surface area contributed by atoms with Crippen LogP contribution in [0.1, 0.15) is 41.3 Å². The van der Waals surface area contributed by atoms with Gasteiger partial charge in [0.1, 0.15) is 11.4 Å². The monoisotopic (exact) mass is 529 g/mol. The molecule has 1 fully saturated rings. The van der Waals surface area contributed by atoms with E-state index < -0.39 is 41.0 Å². The van der Waals surface area contributed by atoms with E-state index in [1.165, 1.54) is 17.0 Å². The van der Waals surface area contributed by atoms with Crippen LogP contribution in [0.4, 0.5) is 13.2 Å². The van der Waals surface area contributed by atoms with Crippen molar-refractivity contribution in [1.29, 1.82) is 0 Å². The van der Waals surface area contributed by atoms with Gasteiger partial charge >= 0.3 is 6.18 Å². The molecule has 0 bridgehead atoms. The van der Waals surface area contributed by atoms with Gasteiger partial charge in [0.25, 0.3) is 0 Å². The van der Waals surface area contributed by atoms with E-state index in [2.05, 4.69) is 4.90 Å². The van der Waals surface area contributed by atoms with E-state index >= 15 is 0 Å². The third kappa shape index (κ3) is 5.22. The SMILES string of the molecule is CC(c1ccc(C(F)(F)F)cc1)N(C(=O)CCl)C1(C(N)=O)CN(C(c2ccccc2)c2ccccc2)C1. The zero-order valence-electron chi connectivity index (χ0n) is 20.2. The predicted molar refractivity (Wildman–Crippen MR) is 136 cm³/mol. The Morgan fingerprint density at radius 3 is 1.81 bits per heavy atom. The number of primary amides is 1. The molecular weight excluding hydrogens is 503 g/mol. The highest BCUT2D eigenvalue weighted by Gasteiger charge is 2.57. The maximum Gasteiger partial charge on any atom is 0.416 e. The van der Waals surface area contributed by atoms with Crippen LogP contribution in [0, 0.1) is 0 Å². The topological polar surface area (TPSA) is 66.6 Å². The number of carbonyl (C=O) groups is 2. The number of hydrogen-bond acceptors (Lipinski definition) is 3. The average molecular weight is 530 g/mol. The molecule has 0 aliphatic carbocycles. The van der Waals surface area contributed by atoms with Crippen molar-refractivity contribution in [3.05, 3.63) is 107 Å². The van der Waals surface area contributed by atoms with Gasteiger partial charge in [0.15, 0.2) is 0 Å². The van der Waals surface area contributed by atoms with Crippen molar-refractivity contribution in [3.8, 4) is 0 Å². The summed E-state index contributed by atoms with van der Waals surface area (Å²) in [6, 6.07) is 23.2. The number of alkyl halides is 4. The summed E-state index contributed by atoms with van der Waals surface area (Å²) in [5.41, 5.74) is 6.19. The second kappa shape index (κ2) is 10.6. The summed E-state index contributed by atoms with van der Waals surface area (Å²) in [6.07, 6.45) is -4.49. The third-order valence-electron chi connectivity index (χ3n) is 6.94. The van der Waals surface area contributed by atoms with Gasteiger partial charge in [-0.3, -0.25) is 14.5 Å². The molecule has 3 aromatic carbocycles. The number of benzene rings is 3. The van der Waals surface area contributed by atoms with Crippen molar-refractivity contribution in [2.45, 2.75) is 30.7 Å². The quantitative estimate of drug-likeness (QED) is 0.410. The van der Waals surface area contributed by atoms with E-state index in [0.29, 0.717) is 5.56 Å². The Bertz CT molecular complexity index is 1190. The Morgan fingerprint density at radius 2 is 1.41 bits per heavy atom. The van der Waals surface area contributed by atoms with Crippen LogP contribution in [-0.2, 0) is 15.8 Å². The Hall–Kier alpha value is -3.36. The molecule has 0 saturated carbocycles. The molecule has 5 nitrogen and oxygen atoms in total. The van der Waals surface area contributed by atoms with Crippen molar-refractivity contribution in [2.75, 3.05) is 19.0 Å². The molecule has 1 aliphatic heterocycles. The van der Waals surface area contributed by atoms with Crippen molar-refractivity contribution in [2.24, 2.45) is 5.73 Å². The molecule has 1 saturated heterocycles. The molecule has 1 aliphatic rings. The molecule has 2 amide bonds. The highest BCUT2D eigenvalue weighted by molar-refractivity contribution is 6.27. The second-order valence-electron chi connectivity index (χ2n) is 9.22.